The molecule has 1 N–H and O–H groups in total. The Balaban J connectivity index is 1.80. The summed E-state index contributed by atoms with van der Waals surface area (Å²) in [7, 11) is 7.47. The molecule has 0 aliphatic heterocycles. The van der Waals surface area contributed by atoms with E-state index in [0.29, 0.717) is 13.2 Å². The molecule has 6 nitrogen and oxygen atoms in total. The van der Waals surface area contributed by atoms with Gasteiger partial charge < -0.3 is 24.3 Å². The van der Waals surface area contributed by atoms with Crippen LogP contribution in [-0.4, -0.2) is 49.8 Å². The van der Waals surface area contributed by atoms with E-state index in [1.807, 2.05) is 44.6 Å². The van der Waals surface area contributed by atoms with Crippen molar-refractivity contribution in [1.29, 1.82) is 0 Å². The van der Waals surface area contributed by atoms with Crippen LogP contribution < -0.4 is 14.8 Å². The SMILES string of the molecule is CN=C(NCCOc1cccc(OC)c1)N(C)Cc1cc(Br)cn1C. The van der Waals surface area contributed by atoms with Crippen LogP contribution in [0, 0.1) is 0 Å². The molecule has 2 rings (SSSR count). The Morgan fingerprint density at radius 1 is 1.32 bits per heavy atom. The average Bonchev–Trinajstić information content (AvgIpc) is 2.92. The van der Waals surface area contributed by atoms with E-state index in [0.717, 1.165) is 28.5 Å². The molecule has 0 spiro atoms. The van der Waals surface area contributed by atoms with Gasteiger partial charge in [0.2, 0.25) is 0 Å². The van der Waals surface area contributed by atoms with E-state index in [1.165, 1.54) is 5.69 Å². The first kappa shape index (κ1) is 19.2. The molecule has 2 aromatic rings. The van der Waals surface area contributed by atoms with Crippen LogP contribution in [0.1, 0.15) is 5.69 Å². The van der Waals surface area contributed by atoms with Gasteiger partial charge in [-0.25, -0.2) is 0 Å². The highest BCUT2D eigenvalue weighted by molar-refractivity contribution is 9.10. The second kappa shape index (κ2) is 9.36. The van der Waals surface area contributed by atoms with Crippen LogP contribution in [0.2, 0.25) is 0 Å². The highest BCUT2D eigenvalue weighted by Gasteiger charge is 2.09. The van der Waals surface area contributed by atoms with Crippen molar-refractivity contribution in [1.82, 2.24) is 14.8 Å². The molecule has 25 heavy (non-hydrogen) atoms. The van der Waals surface area contributed by atoms with Gasteiger partial charge in [0.25, 0.3) is 0 Å². The summed E-state index contributed by atoms with van der Waals surface area (Å²) in [5, 5.41) is 3.31. The van der Waals surface area contributed by atoms with E-state index in [2.05, 4.69) is 41.8 Å². The molecule has 0 saturated heterocycles. The number of guanidine groups is 1. The number of nitrogens with zero attached hydrogens (tertiary/aromatic N) is 3. The van der Waals surface area contributed by atoms with Crippen molar-refractivity contribution in [2.75, 3.05) is 34.4 Å². The van der Waals surface area contributed by atoms with E-state index in [4.69, 9.17) is 9.47 Å². The van der Waals surface area contributed by atoms with Crippen LogP contribution in [0.3, 0.4) is 0 Å². The first-order chi connectivity index (χ1) is 12.0. The molecule has 0 unspecified atom stereocenters. The third-order valence-corrected chi connectivity index (χ3v) is 4.18. The monoisotopic (exact) mass is 408 g/mol. The maximum absolute atomic E-state index is 5.74. The van der Waals surface area contributed by atoms with Crippen molar-refractivity contribution in [3.63, 3.8) is 0 Å². The van der Waals surface area contributed by atoms with Crippen molar-refractivity contribution in [2.24, 2.45) is 12.0 Å². The summed E-state index contributed by atoms with van der Waals surface area (Å²) in [6, 6.07) is 9.69. The minimum absolute atomic E-state index is 0.537. The van der Waals surface area contributed by atoms with Crippen molar-refractivity contribution in [3.8, 4) is 11.5 Å². The molecule has 1 heterocycles. The number of benzene rings is 1. The Morgan fingerprint density at radius 3 is 2.72 bits per heavy atom. The Bertz CT molecular complexity index is 715. The smallest absolute Gasteiger partial charge is 0.193 e. The molecule has 0 aliphatic rings. The maximum Gasteiger partial charge on any atom is 0.193 e. The van der Waals surface area contributed by atoms with Crippen LogP contribution >= 0.6 is 15.9 Å². The molecule has 0 bridgehead atoms. The van der Waals surface area contributed by atoms with Gasteiger partial charge in [-0.15, -0.1) is 0 Å². The number of nitrogens with one attached hydrogen (secondary N) is 1. The van der Waals surface area contributed by atoms with Crippen molar-refractivity contribution in [3.05, 3.63) is 46.7 Å². The van der Waals surface area contributed by atoms with Gasteiger partial charge in [0.05, 0.1) is 20.2 Å². The fourth-order valence-electron chi connectivity index (χ4n) is 2.45. The molecule has 0 fully saturated rings. The number of aromatic nitrogens is 1. The minimum atomic E-state index is 0.537. The van der Waals surface area contributed by atoms with Crippen molar-refractivity contribution < 1.29 is 9.47 Å². The molecule has 7 heteroatoms. The summed E-state index contributed by atoms with van der Waals surface area (Å²) in [6.07, 6.45) is 2.04. The summed E-state index contributed by atoms with van der Waals surface area (Å²) in [6.45, 7) is 1.96. The van der Waals surface area contributed by atoms with Gasteiger partial charge in [0.1, 0.15) is 18.1 Å². The fraction of sp³-hybridized carbons (Fsp3) is 0.389. The zero-order chi connectivity index (χ0) is 18.2. The van der Waals surface area contributed by atoms with Gasteiger partial charge in [-0.1, -0.05) is 6.07 Å². The number of hydrogen-bond donors (Lipinski definition) is 1. The van der Waals surface area contributed by atoms with Gasteiger partial charge in [0, 0.05) is 43.6 Å². The second-order valence-corrected chi connectivity index (χ2v) is 6.53. The van der Waals surface area contributed by atoms with Gasteiger partial charge >= 0.3 is 0 Å². The lowest BCUT2D eigenvalue weighted by molar-refractivity contribution is 0.316. The van der Waals surface area contributed by atoms with Gasteiger partial charge in [-0.2, -0.15) is 0 Å². The molecule has 0 aliphatic carbocycles. The van der Waals surface area contributed by atoms with Crippen molar-refractivity contribution >= 4 is 21.9 Å². The molecule has 0 radical (unpaired) electrons. The minimum Gasteiger partial charge on any atom is -0.497 e. The highest BCUT2D eigenvalue weighted by atomic mass is 79.9. The fourth-order valence-corrected chi connectivity index (χ4v) is 3.02. The molecular formula is C18H25BrN4O2. The molecule has 136 valence electrons. The first-order valence-electron chi connectivity index (χ1n) is 8.03. The number of hydrogen-bond acceptors (Lipinski definition) is 3. The zero-order valence-corrected chi connectivity index (χ0v) is 16.7. The molecular weight excluding hydrogens is 384 g/mol. The zero-order valence-electron chi connectivity index (χ0n) is 15.1. The summed E-state index contributed by atoms with van der Waals surface area (Å²) >= 11 is 3.50. The van der Waals surface area contributed by atoms with E-state index in [1.54, 1.807) is 14.2 Å². The number of aryl methyl sites for hydroxylation is 1. The van der Waals surface area contributed by atoms with Gasteiger partial charge in [-0.3, -0.25) is 4.99 Å². The molecule has 1 aromatic heterocycles. The number of rotatable bonds is 7. The van der Waals surface area contributed by atoms with Gasteiger partial charge in [0.15, 0.2) is 5.96 Å². The number of aliphatic imine (C=N–C) groups is 1. The number of halogens is 1. The van der Waals surface area contributed by atoms with Crippen molar-refractivity contribution in [2.45, 2.75) is 6.54 Å². The van der Waals surface area contributed by atoms with Crippen LogP contribution in [0.15, 0.2) is 46.0 Å². The first-order valence-corrected chi connectivity index (χ1v) is 8.82. The lowest BCUT2D eigenvalue weighted by Gasteiger charge is -2.22. The van der Waals surface area contributed by atoms with Crippen LogP contribution in [0.25, 0.3) is 0 Å². The predicted molar refractivity (Wildman–Crippen MR) is 104 cm³/mol. The Labute approximate surface area is 157 Å². The number of methoxy groups -OCH3 is 1. The Morgan fingerprint density at radius 2 is 2.08 bits per heavy atom. The Kier molecular flexibility index (Phi) is 7.18. The quantitative estimate of drug-likeness (QED) is 0.434. The average molecular weight is 409 g/mol. The van der Waals surface area contributed by atoms with Crippen LogP contribution in [-0.2, 0) is 13.6 Å². The topological polar surface area (TPSA) is 51.0 Å². The third kappa shape index (κ3) is 5.70. The standard InChI is InChI=1S/C18H25BrN4O2/c1-20-18(23(3)13-15-10-14(19)12-22(15)2)21-8-9-25-17-7-5-6-16(11-17)24-4/h5-7,10-12H,8-9,13H2,1-4H3,(H,20,21). The summed E-state index contributed by atoms with van der Waals surface area (Å²) in [4.78, 5) is 6.40. The molecule has 0 atom stereocenters. The lowest BCUT2D eigenvalue weighted by atomic mass is 10.3. The summed E-state index contributed by atoms with van der Waals surface area (Å²) < 4.78 is 14.1. The van der Waals surface area contributed by atoms with E-state index in [9.17, 15) is 0 Å². The number of ether oxygens (including phenoxy) is 2. The Hall–Kier alpha value is -2.15. The normalized spacial score (nSPS) is 11.3. The highest BCUT2D eigenvalue weighted by Crippen LogP contribution is 2.18. The van der Waals surface area contributed by atoms with E-state index >= 15 is 0 Å². The largest absolute Gasteiger partial charge is 0.497 e. The molecule has 0 amide bonds. The lowest BCUT2D eigenvalue weighted by Crippen LogP contribution is -2.40. The van der Waals surface area contributed by atoms with Crippen LogP contribution in [0.4, 0.5) is 0 Å². The van der Waals surface area contributed by atoms with E-state index in [-0.39, 0.29) is 0 Å². The molecule has 0 saturated carbocycles. The van der Waals surface area contributed by atoms with Crippen LogP contribution in [0.5, 0.6) is 11.5 Å². The third-order valence-electron chi connectivity index (χ3n) is 3.74. The van der Waals surface area contributed by atoms with E-state index < -0.39 is 0 Å². The summed E-state index contributed by atoms with van der Waals surface area (Å²) in [5.74, 6) is 2.40. The van der Waals surface area contributed by atoms with Gasteiger partial charge in [-0.05, 0) is 34.1 Å². The maximum atomic E-state index is 5.74. The predicted octanol–water partition coefficient (Wildman–Crippen LogP) is 2.88. The second-order valence-electron chi connectivity index (χ2n) is 5.62. The molecule has 1 aromatic carbocycles. The summed E-state index contributed by atoms with van der Waals surface area (Å²) in [5.41, 5.74) is 1.20.